The minimum absolute atomic E-state index is 0.234. The summed E-state index contributed by atoms with van der Waals surface area (Å²) in [5.74, 6) is 0.234. The number of rotatable bonds is 2. The summed E-state index contributed by atoms with van der Waals surface area (Å²) in [6.07, 6.45) is 5.95. The molecule has 0 saturated heterocycles. The first-order chi connectivity index (χ1) is 10.1. The maximum absolute atomic E-state index is 12.8. The van der Waals surface area contributed by atoms with Crippen molar-refractivity contribution in [1.29, 1.82) is 0 Å². The zero-order valence-corrected chi connectivity index (χ0v) is 13.6. The molecule has 1 nitrogen and oxygen atoms in total. The van der Waals surface area contributed by atoms with Crippen LogP contribution in [0.4, 0.5) is 0 Å². The molecule has 0 bridgehead atoms. The van der Waals surface area contributed by atoms with E-state index >= 15 is 0 Å². The van der Waals surface area contributed by atoms with Gasteiger partial charge in [-0.15, -0.1) is 0 Å². The predicted molar refractivity (Wildman–Crippen MR) is 90.4 cm³/mol. The monoisotopic (exact) mass is 340 g/mol. The van der Waals surface area contributed by atoms with Crippen LogP contribution in [0.25, 0.3) is 6.08 Å². The number of allylic oxidation sites excluding steroid dienone is 1. The van der Waals surface area contributed by atoms with Crippen LogP contribution in [0, 0.1) is 5.41 Å². The first kappa shape index (κ1) is 14.3. The summed E-state index contributed by atoms with van der Waals surface area (Å²) in [5, 5.41) is 0. The summed E-state index contributed by atoms with van der Waals surface area (Å²) < 4.78 is 1.06. The molecule has 2 heteroatoms. The van der Waals surface area contributed by atoms with E-state index in [-0.39, 0.29) is 5.78 Å². The number of ketones is 1. The summed E-state index contributed by atoms with van der Waals surface area (Å²) >= 11 is 3.43. The largest absolute Gasteiger partial charge is 0.293 e. The van der Waals surface area contributed by atoms with Crippen LogP contribution in [0.15, 0.2) is 59.1 Å². The maximum atomic E-state index is 12.8. The van der Waals surface area contributed by atoms with Crippen LogP contribution in [-0.4, -0.2) is 5.78 Å². The lowest BCUT2D eigenvalue weighted by atomic mass is 9.71. The average Bonchev–Trinajstić information content (AvgIpc) is 2.51. The SMILES string of the molecule is CC1(/C=C/c2ccc(Br)cc2)CCc2ccccc2C1=O. The Hall–Kier alpha value is -1.67. The van der Waals surface area contributed by atoms with Crippen LogP contribution < -0.4 is 0 Å². The lowest BCUT2D eigenvalue weighted by molar-refractivity contribution is 0.0847. The normalized spacial score (nSPS) is 21.5. The summed E-state index contributed by atoms with van der Waals surface area (Å²) in [6.45, 7) is 2.04. The molecular weight excluding hydrogens is 324 g/mol. The van der Waals surface area contributed by atoms with Gasteiger partial charge in [0.2, 0.25) is 0 Å². The van der Waals surface area contributed by atoms with E-state index in [0.717, 1.165) is 28.4 Å². The molecule has 106 valence electrons. The second-order valence-corrected chi connectivity index (χ2v) is 6.70. The Bertz CT molecular complexity index is 700. The number of halogens is 1. The van der Waals surface area contributed by atoms with E-state index in [0.29, 0.717) is 0 Å². The molecular formula is C19H17BrO. The number of fused-ring (bicyclic) bond motifs is 1. The van der Waals surface area contributed by atoms with E-state index in [2.05, 4.69) is 34.1 Å². The van der Waals surface area contributed by atoms with E-state index in [1.165, 1.54) is 5.56 Å². The van der Waals surface area contributed by atoms with Gasteiger partial charge in [-0.25, -0.2) is 0 Å². The van der Waals surface area contributed by atoms with Crippen LogP contribution in [0.5, 0.6) is 0 Å². The molecule has 2 aromatic rings. The smallest absolute Gasteiger partial charge is 0.172 e. The Kier molecular flexibility index (Phi) is 3.81. The second-order valence-electron chi connectivity index (χ2n) is 5.79. The quantitative estimate of drug-likeness (QED) is 0.725. The Morgan fingerprint density at radius 1 is 1.10 bits per heavy atom. The number of carbonyl (C=O) groups excluding carboxylic acids is 1. The van der Waals surface area contributed by atoms with Crippen molar-refractivity contribution in [2.24, 2.45) is 5.41 Å². The molecule has 0 aliphatic heterocycles. The first-order valence-electron chi connectivity index (χ1n) is 7.16. The van der Waals surface area contributed by atoms with Gasteiger partial charge in [-0.05, 0) is 43.0 Å². The molecule has 1 aliphatic rings. The van der Waals surface area contributed by atoms with Crippen molar-refractivity contribution in [1.82, 2.24) is 0 Å². The standard InChI is InChI=1S/C19H17BrO/c1-19(12-10-14-6-8-16(20)9-7-14)13-11-15-4-2-3-5-17(15)18(19)21/h2-10,12H,11,13H2,1H3/b12-10+. The number of hydrogen-bond donors (Lipinski definition) is 0. The maximum Gasteiger partial charge on any atom is 0.172 e. The van der Waals surface area contributed by atoms with Crippen LogP contribution in [0.3, 0.4) is 0 Å². The van der Waals surface area contributed by atoms with E-state index < -0.39 is 5.41 Å². The number of aryl methyl sites for hydroxylation is 1. The molecule has 1 atom stereocenters. The fraction of sp³-hybridized carbons (Fsp3) is 0.211. The first-order valence-corrected chi connectivity index (χ1v) is 7.95. The van der Waals surface area contributed by atoms with Crippen molar-refractivity contribution in [3.8, 4) is 0 Å². The lowest BCUT2D eigenvalue weighted by Gasteiger charge is -2.30. The van der Waals surface area contributed by atoms with Gasteiger partial charge in [0.1, 0.15) is 0 Å². The van der Waals surface area contributed by atoms with Gasteiger partial charge >= 0.3 is 0 Å². The topological polar surface area (TPSA) is 17.1 Å². The summed E-state index contributed by atoms with van der Waals surface area (Å²) in [4.78, 5) is 12.8. The van der Waals surface area contributed by atoms with Crippen molar-refractivity contribution in [3.05, 3.63) is 75.8 Å². The molecule has 0 amide bonds. The van der Waals surface area contributed by atoms with Gasteiger partial charge in [0, 0.05) is 15.5 Å². The Morgan fingerprint density at radius 2 is 1.81 bits per heavy atom. The Balaban J connectivity index is 1.88. The molecule has 0 heterocycles. The van der Waals surface area contributed by atoms with Crippen molar-refractivity contribution >= 4 is 27.8 Å². The minimum Gasteiger partial charge on any atom is -0.293 e. The molecule has 0 N–H and O–H groups in total. The highest BCUT2D eigenvalue weighted by Crippen LogP contribution is 2.36. The van der Waals surface area contributed by atoms with E-state index in [1.807, 2.05) is 49.4 Å². The lowest BCUT2D eigenvalue weighted by Crippen LogP contribution is -2.31. The summed E-state index contributed by atoms with van der Waals surface area (Å²) in [6, 6.07) is 16.1. The zero-order valence-electron chi connectivity index (χ0n) is 12.0. The zero-order chi connectivity index (χ0) is 14.9. The summed E-state index contributed by atoms with van der Waals surface area (Å²) in [7, 11) is 0. The van der Waals surface area contributed by atoms with Crippen LogP contribution >= 0.6 is 15.9 Å². The van der Waals surface area contributed by atoms with Gasteiger partial charge in [0.15, 0.2) is 5.78 Å². The van der Waals surface area contributed by atoms with Crippen LogP contribution in [0.2, 0.25) is 0 Å². The number of carbonyl (C=O) groups is 1. The van der Waals surface area contributed by atoms with E-state index in [1.54, 1.807) is 0 Å². The predicted octanol–water partition coefficient (Wildman–Crippen LogP) is 5.30. The van der Waals surface area contributed by atoms with E-state index in [4.69, 9.17) is 0 Å². The average molecular weight is 341 g/mol. The fourth-order valence-electron chi connectivity index (χ4n) is 2.79. The molecule has 1 aliphatic carbocycles. The Labute approximate surface area is 133 Å². The van der Waals surface area contributed by atoms with Gasteiger partial charge in [-0.1, -0.05) is 64.5 Å². The van der Waals surface area contributed by atoms with Gasteiger partial charge < -0.3 is 0 Å². The number of Topliss-reactive ketones (excluding diaryl/α,β-unsaturated/α-hetero) is 1. The van der Waals surface area contributed by atoms with Crippen LogP contribution in [0.1, 0.15) is 34.8 Å². The highest BCUT2D eigenvalue weighted by Gasteiger charge is 2.35. The third kappa shape index (κ3) is 2.86. The van der Waals surface area contributed by atoms with Gasteiger partial charge in [0.25, 0.3) is 0 Å². The third-order valence-corrected chi connectivity index (χ3v) is 4.74. The molecule has 0 radical (unpaired) electrons. The molecule has 2 aromatic carbocycles. The molecule has 0 aromatic heterocycles. The van der Waals surface area contributed by atoms with Gasteiger partial charge in [0.05, 0.1) is 0 Å². The number of benzene rings is 2. The molecule has 0 saturated carbocycles. The highest BCUT2D eigenvalue weighted by atomic mass is 79.9. The highest BCUT2D eigenvalue weighted by molar-refractivity contribution is 9.10. The minimum atomic E-state index is -0.401. The molecule has 0 fully saturated rings. The van der Waals surface area contributed by atoms with Crippen molar-refractivity contribution in [2.75, 3.05) is 0 Å². The molecule has 3 rings (SSSR count). The second kappa shape index (κ2) is 5.61. The number of hydrogen-bond acceptors (Lipinski definition) is 1. The summed E-state index contributed by atoms with van der Waals surface area (Å²) in [5.41, 5.74) is 2.77. The van der Waals surface area contributed by atoms with Crippen molar-refractivity contribution in [3.63, 3.8) is 0 Å². The van der Waals surface area contributed by atoms with Gasteiger partial charge in [-0.2, -0.15) is 0 Å². The molecule has 21 heavy (non-hydrogen) atoms. The fourth-order valence-corrected chi connectivity index (χ4v) is 3.05. The molecule has 1 unspecified atom stereocenters. The molecule has 0 spiro atoms. The van der Waals surface area contributed by atoms with Gasteiger partial charge in [-0.3, -0.25) is 4.79 Å². The van der Waals surface area contributed by atoms with Crippen LogP contribution in [-0.2, 0) is 6.42 Å². The van der Waals surface area contributed by atoms with Crippen molar-refractivity contribution in [2.45, 2.75) is 19.8 Å². The van der Waals surface area contributed by atoms with E-state index in [9.17, 15) is 4.79 Å². The Morgan fingerprint density at radius 3 is 2.57 bits per heavy atom. The third-order valence-electron chi connectivity index (χ3n) is 4.21. The van der Waals surface area contributed by atoms with Crippen molar-refractivity contribution < 1.29 is 4.79 Å².